The van der Waals surface area contributed by atoms with Crippen molar-refractivity contribution in [1.82, 2.24) is 10.2 Å². The van der Waals surface area contributed by atoms with E-state index in [2.05, 4.69) is 27.0 Å². The standard InChI is InChI=1S/C14H22N4O.HI/c1-3-16-14(15-2)18-10-8-17(9-11-18)12-6-4-5-7-13(12)19;/h4-7,19H,3,8-11H2,1-2H3,(H,15,16);1H. The normalized spacial score (nSPS) is 15.8. The number of aliphatic imine (C=N–C) groups is 1. The van der Waals surface area contributed by atoms with Gasteiger partial charge in [-0.15, -0.1) is 24.0 Å². The van der Waals surface area contributed by atoms with Gasteiger partial charge in [-0.25, -0.2) is 0 Å². The van der Waals surface area contributed by atoms with Gasteiger partial charge < -0.3 is 20.2 Å². The van der Waals surface area contributed by atoms with Crippen molar-refractivity contribution < 1.29 is 5.11 Å². The van der Waals surface area contributed by atoms with E-state index in [0.29, 0.717) is 5.75 Å². The van der Waals surface area contributed by atoms with Crippen molar-refractivity contribution in [2.24, 2.45) is 4.99 Å². The molecule has 0 amide bonds. The van der Waals surface area contributed by atoms with Crippen LogP contribution in [-0.2, 0) is 0 Å². The quantitative estimate of drug-likeness (QED) is 0.459. The lowest BCUT2D eigenvalue weighted by atomic mass is 10.2. The van der Waals surface area contributed by atoms with Crippen molar-refractivity contribution in [2.45, 2.75) is 6.92 Å². The topological polar surface area (TPSA) is 51.1 Å². The zero-order valence-electron chi connectivity index (χ0n) is 12.0. The van der Waals surface area contributed by atoms with Crippen LogP contribution < -0.4 is 10.2 Å². The van der Waals surface area contributed by atoms with Gasteiger partial charge in [-0.1, -0.05) is 12.1 Å². The van der Waals surface area contributed by atoms with Crippen molar-refractivity contribution in [3.05, 3.63) is 24.3 Å². The van der Waals surface area contributed by atoms with Crippen molar-refractivity contribution in [2.75, 3.05) is 44.7 Å². The number of rotatable bonds is 2. The molecule has 0 aliphatic carbocycles. The number of nitrogens with one attached hydrogen (secondary N) is 1. The second kappa shape index (κ2) is 8.18. The molecule has 0 atom stereocenters. The molecule has 2 N–H and O–H groups in total. The van der Waals surface area contributed by atoms with Gasteiger partial charge in [-0.2, -0.15) is 0 Å². The average Bonchev–Trinajstić information content (AvgIpc) is 2.46. The van der Waals surface area contributed by atoms with Crippen LogP contribution in [0.25, 0.3) is 0 Å². The first-order valence-corrected chi connectivity index (χ1v) is 6.74. The second-order valence-corrected chi connectivity index (χ2v) is 4.54. The third-order valence-corrected chi connectivity index (χ3v) is 3.35. The molecule has 1 aliphatic heterocycles. The molecule has 0 unspecified atom stereocenters. The molecular formula is C14H23IN4O. The van der Waals surface area contributed by atoms with E-state index < -0.39 is 0 Å². The summed E-state index contributed by atoms with van der Waals surface area (Å²) in [6.07, 6.45) is 0. The minimum Gasteiger partial charge on any atom is -0.506 e. The lowest BCUT2D eigenvalue weighted by molar-refractivity contribution is 0.371. The van der Waals surface area contributed by atoms with Gasteiger partial charge in [0.25, 0.3) is 0 Å². The number of halogens is 1. The van der Waals surface area contributed by atoms with Gasteiger partial charge in [-0.05, 0) is 19.1 Å². The minimum atomic E-state index is 0. The molecule has 1 aromatic rings. The number of hydrogen-bond donors (Lipinski definition) is 2. The molecule has 6 heteroatoms. The van der Waals surface area contributed by atoms with Crippen LogP contribution in [0.4, 0.5) is 5.69 Å². The van der Waals surface area contributed by atoms with Crippen LogP contribution in [0.5, 0.6) is 5.75 Å². The van der Waals surface area contributed by atoms with E-state index in [-0.39, 0.29) is 24.0 Å². The maximum Gasteiger partial charge on any atom is 0.193 e. The van der Waals surface area contributed by atoms with E-state index in [9.17, 15) is 5.11 Å². The molecule has 1 heterocycles. The molecule has 0 saturated carbocycles. The summed E-state index contributed by atoms with van der Waals surface area (Å²) < 4.78 is 0. The average molecular weight is 390 g/mol. The summed E-state index contributed by atoms with van der Waals surface area (Å²) in [7, 11) is 1.81. The van der Waals surface area contributed by atoms with E-state index >= 15 is 0 Å². The Morgan fingerprint density at radius 1 is 1.25 bits per heavy atom. The third kappa shape index (κ3) is 3.91. The maximum atomic E-state index is 9.88. The highest BCUT2D eigenvalue weighted by atomic mass is 127. The molecule has 1 fully saturated rings. The first-order chi connectivity index (χ1) is 9.26. The largest absolute Gasteiger partial charge is 0.506 e. The number of guanidine groups is 1. The smallest absolute Gasteiger partial charge is 0.193 e. The van der Waals surface area contributed by atoms with Gasteiger partial charge in [0.2, 0.25) is 0 Å². The molecule has 112 valence electrons. The van der Waals surface area contributed by atoms with Gasteiger partial charge in [0, 0.05) is 39.8 Å². The molecule has 0 bridgehead atoms. The Hall–Kier alpha value is -1.18. The van der Waals surface area contributed by atoms with Gasteiger partial charge >= 0.3 is 0 Å². The molecule has 5 nitrogen and oxygen atoms in total. The SMILES string of the molecule is CCNC(=NC)N1CCN(c2ccccc2O)CC1.I. The fourth-order valence-corrected chi connectivity index (χ4v) is 2.38. The van der Waals surface area contributed by atoms with Crippen molar-refractivity contribution in [3.8, 4) is 5.75 Å². The number of anilines is 1. The highest BCUT2D eigenvalue weighted by Crippen LogP contribution is 2.27. The molecule has 1 aromatic carbocycles. The number of phenols is 1. The molecule has 2 rings (SSSR count). The summed E-state index contributed by atoms with van der Waals surface area (Å²) in [6.45, 7) is 6.56. The Kier molecular flexibility index (Phi) is 6.90. The van der Waals surface area contributed by atoms with Gasteiger partial charge in [0.15, 0.2) is 5.96 Å². The Morgan fingerprint density at radius 3 is 2.45 bits per heavy atom. The Bertz CT molecular complexity index is 445. The lowest BCUT2D eigenvalue weighted by Crippen LogP contribution is -2.52. The summed E-state index contributed by atoms with van der Waals surface area (Å²) in [5.41, 5.74) is 0.917. The number of aromatic hydroxyl groups is 1. The fourth-order valence-electron chi connectivity index (χ4n) is 2.38. The Morgan fingerprint density at radius 2 is 1.90 bits per heavy atom. The van der Waals surface area contributed by atoms with Crippen LogP contribution in [0.3, 0.4) is 0 Å². The summed E-state index contributed by atoms with van der Waals surface area (Å²) >= 11 is 0. The highest BCUT2D eigenvalue weighted by Gasteiger charge is 2.20. The van der Waals surface area contributed by atoms with E-state index in [1.807, 2.05) is 25.2 Å². The molecule has 20 heavy (non-hydrogen) atoms. The summed E-state index contributed by atoms with van der Waals surface area (Å²) in [4.78, 5) is 8.74. The maximum absolute atomic E-state index is 9.88. The monoisotopic (exact) mass is 390 g/mol. The predicted octanol–water partition coefficient (Wildman–Crippen LogP) is 1.73. The summed E-state index contributed by atoms with van der Waals surface area (Å²) in [5, 5.41) is 13.2. The molecule has 0 radical (unpaired) electrons. The molecule has 1 saturated heterocycles. The van der Waals surface area contributed by atoms with E-state index in [1.54, 1.807) is 6.07 Å². The number of phenolic OH excluding ortho intramolecular Hbond substituents is 1. The van der Waals surface area contributed by atoms with Crippen molar-refractivity contribution in [3.63, 3.8) is 0 Å². The van der Waals surface area contributed by atoms with Gasteiger partial charge in [-0.3, -0.25) is 4.99 Å². The number of para-hydroxylation sites is 2. The third-order valence-electron chi connectivity index (χ3n) is 3.35. The van der Waals surface area contributed by atoms with E-state index in [4.69, 9.17) is 0 Å². The van der Waals surface area contributed by atoms with Crippen LogP contribution in [0, 0.1) is 0 Å². The summed E-state index contributed by atoms with van der Waals surface area (Å²) in [6, 6.07) is 7.50. The Balaban J connectivity index is 0.00000200. The number of hydrogen-bond acceptors (Lipinski definition) is 3. The van der Waals surface area contributed by atoms with Gasteiger partial charge in [0.1, 0.15) is 5.75 Å². The van der Waals surface area contributed by atoms with E-state index in [1.165, 1.54) is 0 Å². The van der Waals surface area contributed by atoms with Gasteiger partial charge in [0.05, 0.1) is 5.69 Å². The van der Waals surface area contributed by atoms with E-state index in [0.717, 1.165) is 44.4 Å². The van der Waals surface area contributed by atoms with Crippen LogP contribution in [0.2, 0.25) is 0 Å². The molecular weight excluding hydrogens is 367 g/mol. The minimum absolute atomic E-state index is 0. The molecule has 0 aromatic heterocycles. The number of piperazine rings is 1. The highest BCUT2D eigenvalue weighted by molar-refractivity contribution is 14.0. The number of nitrogens with zero attached hydrogens (tertiary/aromatic N) is 3. The Labute approximate surface area is 137 Å². The number of benzene rings is 1. The van der Waals surface area contributed by atoms with Crippen LogP contribution >= 0.6 is 24.0 Å². The molecule has 1 aliphatic rings. The summed E-state index contributed by atoms with van der Waals surface area (Å²) in [5.74, 6) is 1.31. The fraction of sp³-hybridized carbons (Fsp3) is 0.500. The molecule has 0 spiro atoms. The zero-order valence-corrected chi connectivity index (χ0v) is 14.4. The van der Waals surface area contributed by atoms with Crippen LogP contribution in [0.1, 0.15) is 6.92 Å². The van der Waals surface area contributed by atoms with Crippen LogP contribution in [-0.4, -0.2) is 55.7 Å². The second-order valence-electron chi connectivity index (χ2n) is 4.54. The first-order valence-electron chi connectivity index (χ1n) is 6.74. The lowest BCUT2D eigenvalue weighted by Gasteiger charge is -2.37. The predicted molar refractivity (Wildman–Crippen MR) is 94.3 cm³/mol. The van der Waals surface area contributed by atoms with Crippen LogP contribution in [0.15, 0.2) is 29.3 Å². The van der Waals surface area contributed by atoms with Crippen molar-refractivity contribution >= 4 is 35.6 Å². The zero-order chi connectivity index (χ0) is 13.7. The van der Waals surface area contributed by atoms with Crippen molar-refractivity contribution in [1.29, 1.82) is 0 Å². The first kappa shape index (κ1) is 16.9.